The van der Waals surface area contributed by atoms with Crippen molar-refractivity contribution in [3.05, 3.63) is 82.4 Å². The third-order valence-electron chi connectivity index (χ3n) is 5.84. The summed E-state index contributed by atoms with van der Waals surface area (Å²) in [5.74, 6) is 1.11. The van der Waals surface area contributed by atoms with E-state index < -0.39 is 0 Å². The van der Waals surface area contributed by atoms with Gasteiger partial charge in [-0.3, -0.25) is 9.88 Å². The normalized spacial score (nSPS) is 15.4. The third-order valence-corrected chi connectivity index (χ3v) is 6.07. The SMILES string of the molecule is CCOC(=O)N1CCc2c([nH]c3ccc(Cl)cc23)C1c1ccc(Oc2nccnc2C)cc1. The van der Waals surface area contributed by atoms with Gasteiger partial charge in [0.1, 0.15) is 11.8 Å². The summed E-state index contributed by atoms with van der Waals surface area (Å²) in [5, 5.41) is 1.78. The Morgan fingerprint density at radius 1 is 1.18 bits per heavy atom. The fourth-order valence-corrected chi connectivity index (χ4v) is 4.51. The Bertz CT molecular complexity index is 1320. The van der Waals surface area contributed by atoms with E-state index >= 15 is 0 Å². The summed E-state index contributed by atoms with van der Waals surface area (Å²) in [4.78, 5) is 26.6. The highest BCUT2D eigenvalue weighted by Gasteiger charge is 2.35. The van der Waals surface area contributed by atoms with Gasteiger partial charge in [0.15, 0.2) is 0 Å². The second-order valence-corrected chi connectivity index (χ2v) is 8.31. The molecule has 0 saturated carbocycles. The zero-order valence-electron chi connectivity index (χ0n) is 18.3. The monoisotopic (exact) mass is 462 g/mol. The number of halogens is 1. The van der Waals surface area contributed by atoms with Crippen LogP contribution < -0.4 is 4.74 Å². The van der Waals surface area contributed by atoms with Crippen molar-refractivity contribution in [1.82, 2.24) is 19.9 Å². The Hall–Kier alpha value is -3.58. The standard InChI is InChI=1S/C25H23ClN4O3/c1-3-32-25(31)30-13-10-19-20-14-17(26)6-9-21(20)29-22(19)23(30)16-4-7-18(8-5-16)33-24-15(2)27-11-12-28-24/h4-9,11-12,14,23,29H,3,10,13H2,1-2H3. The number of benzene rings is 2. The van der Waals surface area contributed by atoms with Crippen molar-refractivity contribution in [1.29, 1.82) is 0 Å². The van der Waals surface area contributed by atoms with E-state index in [1.54, 1.807) is 17.3 Å². The second-order valence-electron chi connectivity index (χ2n) is 7.87. The van der Waals surface area contributed by atoms with Crippen molar-refractivity contribution in [3.63, 3.8) is 0 Å². The number of aromatic nitrogens is 3. The largest absolute Gasteiger partial charge is 0.450 e. The molecule has 0 bridgehead atoms. The summed E-state index contributed by atoms with van der Waals surface area (Å²) in [6.07, 6.45) is 3.61. The molecular formula is C25H23ClN4O3. The van der Waals surface area contributed by atoms with E-state index in [4.69, 9.17) is 21.1 Å². The van der Waals surface area contributed by atoms with E-state index in [1.165, 1.54) is 5.56 Å². The van der Waals surface area contributed by atoms with Gasteiger partial charge in [-0.05, 0) is 61.7 Å². The molecule has 168 valence electrons. The van der Waals surface area contributed by atoms with E-state index in [0.29, 0.717) is 35.5 Å². The number of ether oxygens (including phenoxy) is 2. The van der Waals surface area contributed by atoms with Gasteiger partial charge >= 0.3 is 6.09 Å². The molecule has 3 heterocycles. The van der Waals surface area contributed by atoms with Crippen molar-refractivity contribution in [2.75, 3.05) is 13.2 Å². The molecule has 1 atom stereocenters. The van der Waals surface area contributed by atoms with Crippen LogP contribution in [0.4, 0.5) is 4.79 Å². The van der Waals surface area contributed by atoms with E-state index in [0.717, 1.165) is 28.6 Å². The number of amides is 1. The van der Waals surface area contributed by atoms with Crippen LogP contribution in [0, 0.1) is 6.92 Å². The van der Waals surface area contributed by atoms with Crippen molar-refractivity contribution in [2.45, 2.75) is 26.3 Å². The number of hydrogen-bond acceptors (Lipinski definition) is 5. The zero-order chi connectivity index (χ0) is 22.9. The topological polar surface area (TPSA) is 80.3 Å². The molecule has 0 radical (unpaired) electrons. The molecule has 0 aliphatic carbocycles. The number of hydrogen-bond donors (Lipinski definition) is 1. The van der Waals surface area contributed by atoms with Gasteiger partial charge in [-0.15, -0.1) is 0 Å². The van der Waals surface area contributed by atoms with Crippen LogP contribution in [0.2, 0.25) is 5.02 Å². The Labute approximate surface area is 196 Å². The van der Waals surface area contributed by atoms with Gasteiger partial charge in [0.2, 0.25) is 5.88 Å². The Morgan fingerprint density at radius 3 is 2.73 bits per heavy atom. The van der Waals surface area contributed by atoms with Crippen molar-refractivity contribution in [3.8, 4) is 11.6 Å². The fourth-order valence-electron chi connectivity index (χ4n) is 4.34. The van der Waals surface area contributed by atoms with E-state index in [9.17, 15) is 4.79 Å². The molecule has 1 amide bonds. The van der Waals surface area contributed by atoms with Crippen LogP contribution in [0.25, 0.3) is 10.9 Å². The van der Waals surface area contributed by atoms with Gasteiger partial charge in [-0.1, -0.05) is 23.7 Å². The number of fused-ring (bicyclic) bond motifs is 3. The molecule has 33 heavy (non-hydrogen) atoms. The van der Waals surface area contributed by atoms with Crippen LogP contribution in [0.15, 0.2) is 54.9 Å². The first-order chi connectivity index (χ1) is 16.0. The smallest absolute Gasteiger partial charge is 0.410 e. The second kappa shape index (κ2) is 8.75. The molecular weight excluding hydrogens is 440 g/mol. The maximum absolute atomic E-state index is 12.8. The van der Waals surface area contributed by atoms with Crippen LogP contribution >= 0.6 is 11.6 Å². The molecule has 7 nitrogen and oxygen atoms in total. The quantitative estimate of drug-likeness (QED) is 0.413. The summed E-state index contributed by atoms with van der Waals surface area (Å²) >= 11 is 6.26. The summed E-state index contributed by atoms with van der Waals surface area (Å²) in [6, 6.07) is 13.2. The lowest BCUT2D eigenvalue weighted by Gasteiger charge is -2.35. The molecule has 1 N–H and O–H groups in total. The fraction of sp³-hybridized carbons (Fsp3) is 0.240. The van der Waals surface area contributed by atoms with Crippen LogP contribution in [0.5, 0.6) is 11.6 Å². The highest BCUT2D eigenvalue weighted by molar-refractivity contribution is 6.31. The summed E-state index contributed by atoms with van der Waals surface area (Å²) in [7, 11) is 0. The zero-order valence-corrected chi connectivity index (χ0v) is 19.1. The molecule has 2 aromatic carbocycles. The maximum atomic E-state index is 12.8. The van der Waals surface area contributed by atoms with E-state index in [2.05, 4.69) is 15.0 Å². The van der Waals surface area contributed by atoms with Crippen molar-refractivity contribution in [2.24, 2.45) is 0 Å². The van der Waals surface area contributed by atoms with Crippen LogP contribution in [0.3, 0.4) is 0 Å². The average molecular weight is 463 g/mol. The molecule has 0 fully saturated rings. The molecule has 1 aliphatic rings. The molecule has 2 aromatic heterocycles. The Morgan fingerprint density at radius 2 is 1.97 bits per heavy atom. The predicted molar refractivity (Wildman–Crippen MR) is 126 cm³/mol. The first-order valence-corrected chi connectivity index (χ1v) is 11.2. The molecule has 1 unspecified atom stereocenters. The Kier molecular flexibility index (Phi) is 5.64. The van der Waals surface area contributed by atoms with Gasteiger partial charge in [0.05, 0.1) is 12.3 Å². The lowest BCUT2D eigenvalue weighted by atomic mass is 9.92. The van der Waals surface area contributed by atoms with E-state index in [-0.39, 0.29) is 12.1 Å². The number of aromatic amines is 1. The Balaban J connectivity index is 1.54. The number of nitrogens with zero attached hydrogens (tertiary/aromatic N) is 3. The molecule has 1 aliphatic heterocycles. The van der Waals surface area contributed by atoms with Crippen LogP contribution in [-0.4, -0.2) is 39.1 Å². The van der Waals surface area contributed by atoms with Gasteiger partial charge in [-0.2, -0.15) is 0 Å². The minimum absolute atomic E-state index is 0.314. The third kappa shape index (κ3) is 4.00. The summed E-state index contributed by atoms with van der Waals surface area (Å²) in [5.41, 5.74) is 4.81. The number of nitrogens with one attached hydrogen (secondary N) is 1. The van der Waals surface area contributed by atoms with Gasteiger partial charge in [0, 0.05) is 40.6 Å². The van der Waals surface area contributed by atoms with Gasteiger partial charge < -0.3 is 14.5 Å². The van der Waals surface area contributed by atoms with Crippen LogP contribution in [-0.2, 0) is 11.2 Å². The van der Waals surface area contributed by atoms with Crippen molar-refractivity contribution < 1.29 is 14.3 Å². The number of carbonyl (C=O) groups is 1. The molecule has 8 heteroatoms. The average Bonchev–Trinajstić information content (AvgIpc) is 3.18. The van der Waals surface area contributed by atoms with E-state index in [1.807, 2.05) is 56.3 Å². The lowest BCUT2D eigenvalue weighted by Crippen LogP contribution is -2.40. The van der Waals surface area contributed by atoms with Crippen molar-refractivity contribution >= 4 is 28.6 Å². The van der Waals surface area contributed by atoms with Gasteiger partial charge in [0.25, 0.3) is 0 Å². The minimum Gasteiger partial charge on any atom is -0.450 e. The molecule has 0 spiro atoms. The molecule has 0 saturated heterocycles. The maximum Gasteiger partial charge on any atom is 0.410 e. The number of carbonyl (C=O) groups excluding carboxylic acids is 1. The number of H-pyrrole nitrogens is 1. The first-order valence-electron chi connectivity index (χ1n) is 10.8. The summed E-state index contributed by atoms with van der Waals surface area (Å²) < 4.78 is 11.3. The molecule has 5 rings (SSSR count). The first kappa shape index (κ1) is 21.3. The highest BCUT2D eigenvalue weighted by atomic mass is 35.5. The van der Waals surface area contributed by atoms with Gasteiger partial charge in [-0.25, -0.2) is 9.78 Å². The number of aryl methyl sites for hydroxylation is 1. The summed E-state index contributed by atoms with van der Waals surface area (Å²) in [6.45, 7) is 4.53. The predicted octanol–water partition coefficient (Wildman–Crippen LogP) is 5.82. The highest BCUT2D eigenvalue weighted by Crippen LogP contribution is 2.40. The van der Waals surface area contributed by atoms with Crippen LogP contribution in [0.1, 0.15) is 35.5 Å². The lowest BCUT2D eigenvalue weighted by molar-refractivity contribution is 0.0932. The number of rotatable bonds is 4. The minimum atomic E-state index is -0.333. The molecule has 4 aromatic rings.